The zero-order valence-electron chi connectivity index (χ0n) is 14.0. The Hall–Kier alpha value is -1.93. The van der Waals surface area contributed by atoms with Gasteiger partial charge in [-0.05, 0) is 38.8 Å². The van der Waals surface area contributed by atoms with Gasteiger partial charge in [0, 0.05) is 5.38 Å². The van der Waals surface area contributed by atoms with E-state index in [2.05, 4.69) is 9.71 Å². The number of esters is 1. The van der Waals surface area contributed by atoms with Gasteiger partial charge in [-0.1, -0.05) is 17.7 Å². The van der Waals surface area contributed by atoms with Crippen LogP contribution in [0.1, 0.15) is 29.3 Å². The molecule has 0 amide bonds. The van der Waals surface area contributed by atoms with Crippen LogP contribution in [0, 0.1) is 20.8 Å². The van der Waals surface area contributed by atoms with Crippen LogP contribution < -0.4 is 4.72 Å². The van der Waals surface area contributed by atoms with Crippen molar-refractivity contribution >= 4 is 32.5 Å². The van der Waals surface area contributed by atoms with Crippen LogP contribution in [-0.2, 0) is 26.0 Å². The molecule has 0 atom stereocenters. The van der Waals surface area contributed by atoms with Gasteiger partial charge < -0.3 is 4.74 Å². The number of anilines is 1. The van der Waals surface area contributed by atoms with Gasteiger partial charge in [0.2, 0.25) is 0 Å². The van der Waals surface area contributed by atoms with Gasteiger partial charge in [0.05, 0.1) is 23.6 Å². The fourth-order valence-electron chi connectivity index (χ4n) is 2.55. The van der Waals surface area contributed by atoms with Gasteiger partial charge in [-0.15, -0.1) is 11.3 Å². The fraction of sp³-hybridized carbons (Fsp3) is 0.375. The summed E-state index contributed by atoms with van der Waals surface area (Å²) in [5, 5.41) is 1.87. The van der Waals surface area contributed by atoms with Gasteiger partial charge in [-0.25, -0.2) is 13.4 Å². The second-order valence-electron chi connectivity index (χ2n) is 5.46. The first-order valence-corrected chi connectivity index (χ1v) is 9.80. The van der Waals surface area contributed by atoms with Crippen molar-refractivity contribution < 1.29 is 17.9 Å². The lowest BCUT2D eigenvalue weighted by molar-refractivity contribution is -0.142. The Balaban J connectivity index is 2.22. The van der Waals surface area contributed by atoms with Crippen LogP contribution in [0.15, 0.2) is 22.4 Å². The highest BCUT2D eigenvalue weighted by atomic mass is 32.2. The predicted molar refractivity (Wildman–Crippen MR) is 93.9 cm³/mol. The van der Waals surface area contributed by atoms with E-state index in [1.807, 2.05) is 19.1 Å². The number of aromatic nitrogens is 1. The van der Waals surface area contributed by atoms with E-state index in [0.717, 1.165) is 16.9 Å². The average Bonchev–Trinajstić information content (AvgIpc) is 2.83. The second kappa shape index (κ2) is 7.31. The summed E-state index contributed by atoms with van der Waals surface area (Å²) in [5.41, 5.74) is 2.86. The van der Waals surface area contributed by atoms with Gasteiger partial charge in [0.25, 0.3) is 10.0 Å². The Bertz CT molecular complexity index is 834. The number of hydrogen-bond acceptors (Lipinski definition) is 6. The minimum absolute atomic E-state index is 0.0225. The van der Waals surface area contributed by atoms with Crippen LogP contribution in [0.2, 0.25) is 0 Å². The number of aryl methyl sites for hydroxylation is 3. The molecular formula is C16H20N2O4S2. The molecule has 0 aliphatic carbocycles. The molecule has 1 aromatic carbocycles. The molecule has 1 heterocycles. The number of nitrogens with one attached hydrogen (secondary N) is 1. The zero-order chi connectivity index (χ0) is 17.9. The first-order valence-electron chi connectivity index (χ1n) is 7.43. The SMILES string of the molecule is CCOC(=O)Cc1csc(NS(=O)(=O)c2c(C)cc(C)cc2C)n1. The van der Waals surface area contributed by atoms with Crippen LogP contribution in [0.25, 0.3) is 0 Å². The summed E-state index contributed by atoms with van der Waals surface area (Å²) >= 11 is 1.14. The van der Waals surface area contributed by atoms with E-state index >= 15 is 0 Å². The number of thiazole rings is 1. The summed E-state index contributed by atoms with van der Waals surface area (Å²) in [6.45, 7) is 7.48. The van der Waals surface area contributed by atoms with Crippen molar-refractivity contribution in [3.05, 3.63) is 39.9 Å². The number of rotatable bonds is 6. The molecule has 0 spiro atoms. The highest BCUT2D eigenvalue weighted by molar-refractivity contribution is 7.93. The number of nitrogens with zero attached hydrogens (tertiary/aromatic N) is 1. The van der Waals surface area contributed by atoms with Crippen LogP contribution in [0.4, 0.5) is 5.13 Å². The summed E-state index contributed by atoms with van der Waals surface area (Å²) in [5.74, 6) is -0.387. The standard InChI is InChI=1S/C16H20N2O4S2/c1-5-22-14(19)8-13-9-23-16(17-13)18-24(20,21)15-11(3)6-10(2)7-12(15)4/h6-7,9H,5,8H2,1-4H3,(H,17,18). The van der Waals surface area contributed by atoms with E-state index < -0.39 is 10.0 Å². The molecule has 0 aliphatic rings. The van der Waals surface area contributed by atoms with Crippen LogP contribution in [0.3, 0.4) is 0 Å². The fourth-order valence-corrected chi connectivity index (χ4v) is 4.97. The third-order valence-electron chi connectivity index (χ3n) is 3.28. The number of sulfonamides is 1. The van der Waals surface area contributed by atoms with Crippen molar-refractivity contribution in [1.82, 2.24) is 4.98 Å². The summed E-state index contributed by atoms with van der Waals surface area (Å²) in [4.78, 5) is 15.9. The van der Waals surface area contributed by atoms with E-state index in [-0.39, 0.29) is 22.4 Å². The van der Waals surface area contributed by atoms with E-state index in [0.29, 0.717) is 23.4 Å². The summed E-state index contributed by atoms with van der Waals surface area (Å²) < 4.78 is 32.6. The van der Waals surface area contributed by atoms with Crippen LogP contribution in [-0.4, -0.2) is 26.0 Å². The van der Waals surface area contributed by atoms with Crippen molar-refractivity contribution in [2.45, 2.75) is 39.0 Å². The molecule has 2 aromatic rings. The highest BCUT2D eigenvalue weighted by Gasteiger charge is 2.21. The smallest absolute Gasteiger partial charge is 0.311 e. The molecule has 8 heteroatoms. The Morgan fingerprint density at radius 1 is 1.25 bits per heavy atom. The molecule has 6 nitrogen and oxygen atoms in total. The summed E-state index contributed by atoms with van der Waals surface area (Å²) in [6.07, 6.45) is 0.0225. The molecule has 1 aromatic heterocycles. The largest absolute Gasteiger partial charge is 0.466 e. The molecule has 2 rings (SSSR count). The normalized spacial score (nSPS) is 11.3. The molecule has 130 valence electrons. The van der Waals surface area contributed by atoms with Crippen molar-refractivity contribution in [2.75, 3.05) is 11.3 Å². The Morgan fingerprint density at radius 2 is 1.88 bits per heavy atom. The van der Waals surface area contributed by atoms with Gasteiger partial charge in [0.15, 0.2) is 5.13 Å². The first kappa shape index (κ1) is 18.4. The molecule has 0 radical (unpaired) electrons. The number of carbonyl (C=O) groups is 1. The van der Waals surface area contributed by atoms with Crippen LogP contribution >= 0.6 is 11.3 Å². The summed E-state index contributed by atoms with van der Waals surface area (Å²) in [7, 11) is -3.74. The average molecular weight is 368 g/mol. The Labute approximate surface area is 145 Å². The zero-order valence-corrected chi connectivity index (χ0v) is 15.7. The maximum Gasteiger partial charge on any atom is 0.311 e. The monoisotopic (exact) mass is 368 g/mol. The molecule has 0 aliphatic heterocycles. The van der Waals surface area contributed by atoms with Crippen LogP contribution in [0.5, 0.6) is 0 Å². The van der Waals surface area contributed by atoms with Crippen molar-refractivity contribution in [2.24, 2.45) is 0 Å². The molecule has 0 saturated carbocycles. The number of hydrogen-bond donors (Lipinski definition) is 1. The van der Waals surface area contributed by atoms with Gasteiger partial charge in [-0.2, -0.15) is 0 Å². The summed E-state index contributed by atoms with van der Waals surface area (Å²) in [6, 6.07) is 3.66. The van der Waals surface area contributed by atoms with Crippen molar-refractivity contribution in [3.8, 4) is 0 Å². The highest BCUT2D eigenvalue weighted by Crippen LogP contribution is 2.26. The second-order valence-corrected chi connectivity index (χ2v) is 7.94. The number of carbonyl (C=O) groups excluding carboxylic acids is 1. The first-order chi connectivity index (χ1) is 11.2. The quantitative estimate of drug-likeness (QED) is 0.792. The number of ether oxygens (including phenoxy) is 1. The van der Waals surface area contributed by atoms with E-state index in [4.69, 9.17) is 4.74 Å². The van der Waals surface area contributed by atoms with E-state index in [1.54, 1.807) is 26.2 Å². The predicted octanol–water partition coefficient (Wildman–Crippen LogP) is 2.97. The lowest BCUT2D eigenvalue weighted by Crippen LogP contribution is -2.16. The van der Waals surface area contributed by atoms with E-state index in [9.17, 15) is 13.2 Å². The molecular weight excluding hydrogens is 348 g/mol. The lowest BCUT2D eigenvalue weighted by atomic mass is 10.1. The van der Waals surface area contributed by atoms with Crippen molar-refractivity contribution in [1.29, 1.82) is 0 Å². The third kappa shape index (κ3) is 4.33. The van der Waals surface area contributed by atoms with Gasteiger partial charge in [0.1, 0.15) is 0 Å². The molecule has 24 heavy (non-hydrogen) atoms. The lowest BCUT2D eigenvalue weighted by Gasteiger charge is -2.12. The molecule has 0 fully saturated rings. The van der Waals surface area contributed by atoms with Gasteiger partial charge in [-0.3, -0.25) is 9.52 Å². The minimum atomic E-state index is -3.74. The molecule has 1 N–H and O–H groups in total. The van der Waals surface area contributed by atoms with Crippen molar-refractivity contribution in [3.63, 3.8) is 0 Å². The van der Waals surface area contributed by atoms with E-state index in [1.165, 1.54) is 0 Å². The molecule has 0 bridgehead atoms. The van der Waals surface area contributed by atoms with Gasteiger partial charge >= 0.3 is 5.97 Å². The molecule has 0 saturated heterocycles. The maximum absolute atomic E-state index is 12.7. The Morgan fingerprint density at radius 3 is 2.46 bits per heavy atom. The molecule has 0 unspecified atom stereocenters. The number of benzene rings is 1. The minimum Gasteiger partial charge on any atom is -0.466 e. The maximum atomic E-state index is 12.7. The third-order valence-corrected chi connectivity index (χ3v) is 5.86. The topological polar surface area (TPSA) is 85.4 Å². The Kier molecular flexibility index (Phi) is 5.61.